The predicted octanol–water partition coefficient (Wildman–Crippen LogP) is -0.125. The minimum Gasteiger partial charge on any atom is -0.368 e. The average molecular weight is 251 g/mol. The number of hydrazine groups is 1. The smallest absolute Gasteiger partial charge is 0.223 e. The second kappa shape index (κ2) is 5.36. The van der Waals surface area contributed by atoms with E-state index in [0.29, 0.717) is 11.9 Å². The number of nitrogens with two attached hydrogens (primary N) is 2. The topological polar surface area (TPSA) is 96.3 Å². The van der Waals surface area contributed by atoms with E-state index in [0.717, 1.165) is 32.0 Å². The molecule has 0 aromatic carbocycles. The molecule has 0 spiro atoms. The van der Waals surface area contributed by atoms with Crippen molar-refractivity contribution in [2.24, 2.45) is 5.84 Å². The van der Waals surface area contributed by atoms with Crippen molar-refractivity contribution in [2.75, 3.05) is 42.2 Å². The normalized spacial score (nSPS) is 17.2. The zero-order chi connectivity index (χ0) is 13.1. The Hall–Kier alpha value is -1.60. The molecule has 1 aromatic heterocycles. The number of hydrogen-bond donors (Lipinski definition) is 3. The average Bonchev–Trinajstić information content (AvgIpc) is 2.38. The molecule has 1 aromatic rings. The minimum absolute atomic E-state index is 0.242. The first-order valence-electron chi connectivity index (χ1n) is 6.20. The predicted molar refractivity (Wildman–Crippen MR) is 73.2 cm³/mol. The van der Waals surface area contributed by atoms with Gasteiger partial charge in [-0.2, -0.15) is 9.97 Å². The first kappa shape index (κ1) is 12.8. The van der Waals surface area contributed by atoms with E-state index in [-0.39, 0.29) is 5.95 Å². The van der Waals surface area contributed by atoms with Crippen LogP contribution in [0.25, 0.3) is 0 Å². The Labute approximate surface area is 107 Å². The van der Waals surface area contributed by atoms with Gasteiger partial charge < -0.3 is 16.1 Å². The summed E-state index contributed by atoms with van der Waals surface area (Å²) in [5.41, 5.74) is 8.17. The molecule has 7 heteroatoms. The Kier molecular flexibility index (Phi) is 3.83. The molecule has 0 radical (unpaired) electrons. The van der Waals surface area contributed by atoms with Crippen LogP contribution < -0.4 is 21.9 Å². The van der Waals surface area contributed by atoms with Crippen molar-refractivity contribution in [2.45, 2.75) is 19.9 Å². The molecule has 1 saturated heterocycles. The minimum atomic E-state index is 0.242. The van der Waals surface area contributed by atoms with Crippen LogP contribution >= 0.6 is 0 Å². The molecule has 2 rings (SSSR count). The lowest BCUT2D eigenvalue weighted by atomic mass is 10.2. The van der Waals surface area contributed by atoms with E-state index in [2.05, 4.69) is 39.0 Å². The molecule has 7 nitrogen and oxygen atoms in total. The monoisotopic (exact) mass is 251 g/mol. The number of aromatic nitrogens is 2. The molecule has 2 heterocycles. The summed E-state index contributed by atoms with van der Waals surface area (Å²) in [6.07, 6.45) is 0. The van der Waals surface area contributed by atoms with Gasteiger partial charge in [-0.15, -0.1) is 0 Å². The highest BCUT2D eigenvalue weighted by Gasteiger charge is 2.20. The van der Waals surface area contributed by atoms with Crippen molar-refractivity contribution in [3.63, 3.8) is 0 Å². The number of nitrogens with one attached hydrogen (secondary N) is 1. The molecule has 0 aliphatic carbocycles. The standard InChI is InChI=1S/C11H21N7/c1-8(2)17-3-5-18(6-4-17)10-7-9(16-13)14-11(12)15-10/h7-8H,3-6,13H2,1-2H3,(H3,12,14,15,16). The van der Waals surface area contributed by atoms with E-state index in [1.807, 2.05) is 6.07 Å². The lowest BCUT2D eigenvalue weighted by molar-refractivity contribution is 0.209. The van der Waals surface area contributed by atoms with Gasteiger partial charge in [-0.1, -0.05) is 0 Å². The number of piperazine rings is 1. The van der Waals surface area contributed by atoms with Crippen LogP contribution in [0.4, 0.5) is 17.6 Å². The van der Waals surface area contributed by atoms with Crippen LogP contribution in [-0.2, 0) is 0 Å². The van der Waals surface area contributed by atoms with E-state index < -0.39 is 0 Å². The zero-order valence-corrected chi connectivity index (χ0v) is 10.9. The summed E-state index contributed by atoms with van der Waals surface area (Å²) in [5.74, 6) is 6.98. The van der Waals surface area contributed by atoms with E-state index in [4.69, 9.17) is 11.6 Å². The fourth-order valence-corrected chi connectivity index (χ4v) is 2.16. The number of hydrogen-bond acceptors (Lipinski definition) is 7. The van der Waals surface area contributed by atoms with Crippen LogP contribution in [0, 0.1) is 0 Å². The highest BCUT2D eigenvalue weighted by Crippen LogP contribution is 2.18. The largest absolute Gasteiger partial charge is 0.368 e. The number of nitrogens with zero attached hydrogens (tertiary/aromatic N) is 4. The highest BCUT2D eigenvalue weighted by atomic mass is 15.3. The third-order valence-electron chi connectivity index (χ3n) is 3.25. The van der Waals surface area contributed by atoms with E-state index in [1.54, 1.807) is 0 Å². The number of nitrogen functional groups attached to an aromatic ring is 2. The molecule has 0 amide bonds. The molecule has 0 unspecified atom stereocenters. The maximum Gasteiger partial charge on any atom is 0.223 e. The second-order valence-electron chi connectivity index (χ2n) is 4.73. The molecule has 1 aliphatic rings. The van der Waals surface area contributed by atoms with Gasteiger partial charge in [0.15, 0.2) is 0 Å². The summed E-state index contributed by atoms with van der Waals surface area (Å²) in [5, 5.41) is 0. The fourth-order valence-electron chi connectivity index (χ4n) is 2.16. The Balaban J connectivity index is 2.07. The third-order valence-corrected chi connectivity index (χ3v) is 3.25. The van der Waals surface area contributed by atoms with E-state index in [1.165, 1.54) is 0 Å². The van der Waals surface area contributed by atoms with Crippen molar-refractivity contribution in [1.82, 2.24) is 14.9 Å². The van der Waals surface area contributed by atoms with Crippen LogP contribution in [-0.4, -0.2) is 47.1 Å². The molecular weight excluding hydrogens is 230 g/mol. The molecule has 0 bridgehead atoms. The summed E-state index contributed by atoms with van der Waals surface area (Å²) in [6.45, 7) is 8.39. The van der Waals surface area contributed by atoms with Gasteiger partial charge in [-0.25, -0.2) is 5.84 Å². The van der Waals surface area contributed by atoms with Crippen molar-refractivity contribution < 1.29 is 0 Å². The molecule has 18 heavy (non-hydrogen) atoms. The van der Waals surface area contributed by atoms with E-state index >= 15 is 0 Å². The van der Waals surface area contributed by atoms with Crippen molar-refractivity contribution in [3.8, 4) is 0 Å². The molecule has 1 aliphatic heterocycles. The maximum atomic E-state index is 5.66. The zero-order valence-electron chi connectivity index (χ0n) is 10.9. The van der Waals surface area contributed by atoms with Gasteiger partial charge >= 0.3 is 0 Å². The molecule has 0 atom stereocenters. The van der Waals surface area contributed by atoms with Gasteiger partial charge in [0.25, 0.3) is 0 Å². The summed E-state index contributed by atoms with van der Waals surface area (Å²) in [6, 6.07) is 2.41. The van der Waals surface area contributed by atoms with Crippen molar-refractivity contribution in [3.05, 3.63) is 6.07 Å². The third kappa shape index (κ3) is 2.80. The first-order chi connectivity index (χ1) is 8.60. The fraction of sp³-hybridized carbons (Fsp3) is 0.636. The van der Waals surface area contributed by atoms with Gasteiger partial charge in [0, 0.05) is 38.3 Å². The summed E-state index contributed by atoms with van der Waals surface area (Å²) in [4.78, 5) is 12.9. The first-order valence-corrected chi connectivity index (χ1v) is 6.20. The van der Waals surface area contributed by atoms with Crippen molar-refractivity contribution in [1.29, 1.82) is 0 Å². The van der Waals surface area contributed by atoms with Crippen LogP contribution in [0.3, 0.4) is 0 Å². The van der Waals surface area contributed by atoms with Crippen LogP contribution in [0.1, 0.15) is 13.8 Å². The lowest BCUT2D eigenvalue weighted by Crippen LogP contribution is -2.49. The Morgan fingerprint density at radius 3 is 2.44 bits per heavy atom. The Morgan fingerprint density at radius 2 is 1.89 bits per heavy atom. The number of anilines is 3. The van der Waals surface area contributed by atoms with Crippen LogP contribution in [0.5, 0.6) is 0 Å². The summed E-state index contributed by atoms with van der Waals surface area (Å²) in [7, 11) is 0. The molecular formula is C11H21N7. The second-order valence-corrected chi connectivity index (χ2v) is 4.73. The number of rotatable bonds is 3. The van der Waals surface area contributed by atoms with Gasteiger partial charge in [0.1, 0.15) is 11.6 Å². The van der Waals surface area contributed by atoms with Crippen molar-refractivity contribution >= 4 is 17.6 Å². The molecule has 1 fully saturated rings. The maximum absolute atomic E-state index is 5.66. The summed E-state index contributed by atoms with van der Waals surface area (Å²) >= 11 is 0. The quantitative estimate of drug-likeness (QED) is 0.509. The lowest BCUT2D eigenvalue weighted by Gasteiger charge is -2.37. The van der Waals surface area contributed by atoms with Gasteiger partial charge in [0.2, 0.25) is 5.95 Å². The Morgan fingerprint density at radius 1 is 1.22 bits per heavy atom. The Bertz CT molecular complexity index is 398. The highest BCUT2D eigenvalue weighted by molar-refractivity contribution is 5.52. The van der Waals surface area contributed by atoms with Crippen LogP contribution in [0.15, 0.2) is 6.07 Å². The molecule has 0 saturated carbocycles. The van der Waals surface area contributed by atoms with E-state index in [9.17, 15) is 0 Å². The van der Waals surface area contributed by atoms with Gasteiger partial charge in [0.05, 0.1) is 0 Å². The molecule has 5 N–H and O–H groups in total. The SMILES string of the molecule is CC(C)N1CCN(c2cc(NN)nc(N)n2)CC1. The van der Waals surface area contributed by atoms with Gasteiger partial charge in [-0.05, 0) is 13.8 Å². The summed E-state index contributed by atoms with van der Waals surface area (Å²) < 4.78 is 0. The van der Waals surface area contributed by atoms with Gasteiger partial charge in [-0.3, -0.25) is 4.90 Å². The molecule has 100 valence electrons. The van der Waals surface area contributed by atoms with Crippen LogP contribution in [0.2, 0.25) is 0 Å².